The normalized spacial score (nSPS) is 11.6. The second-order valence-electron chi connectivity index (χ2n) is 4.28. The lowest BCUT2D eigenvalue weighted by atomic mass is 9.92. The van der Waals surface area contributed by atoms with E-state index >= 15 is 0 Å². The van der Waals surface area contributed by atoms with Gasteiger partial charge in [-0.05, 0) is 44.9 Å². The quantitative estimate of drug-likeness (QED) is 0.787. The standard InChI is InChI=1S/C12H18O3/c1-7-8(2)11(13)9(12(3,4)14)6-10(7)15-5/h6,13-14H,1-5H3. The predicted molar refractivity (Wildman–Crippen MR) is 59.4 cm³/mol. The second kappa shape index (κ2) is 3.74. The van der Waals surface area contributed by atoms with E-state index in [-0.39, 0.29) is 5.75 Å². The Bertz CT molecular complexity index is 375. The van der Waals surface area contributed by atoms with Crippen LogP contribution in [0.5, 0.6) is 11.5 Å². The van der Waals surface area contributed by atoms with Gasteiger partial charge in [0.2, 0.25) is 0 Å². The third kappa shape index (κ3) is 2.07. The fraction of sp³-hybridized carbons (Fsp3) is 0.500. The molecule has 0 radical (unpaired) electrons. The molecule has 0 fully saturated rings. The van der Waals surface area contributed by atoms with Gasteiger partial charge in [-0.15, -0.1) is 0 Å². The van der Waals surface area contributed by atoms with E-state index in [4.69, 9.17) is 4.74 Å². The number of phenolic OH excluding ortho intramolecular Hbond substituents is 1. The Labute approximate surface area is 90.3 Å². The first-order chi connectivity index (χ1) is 6.79. The van der Waals surface area contributed by atoms with Gasteiger partial charge in [-0.25, -0.2) is 0 Å². The summed E-state index contributed by atoms with van der Waals surface area (Å²) in [5, 5.41) is 19.8. The first kappa shape index (κ1) is 11.9. The molecule has 1 rings (SSSR count). The Kier molecular flexibility index (Phi) is 2.95. The number of aromatic hydroxyl groups is 1. The summed E-state index contributed by atoms with van der Waals surface area (Å²) in [6.07, 6.45) is 0. The molecule has 0 spiro atoms. The molecule has 84 valence electrons. The molecule has 0 aromatic heterocycles. The van der Waals surface area contributed by atoms with Crippen molar-refractivity contribution in [1.29, 1.82) is 0 Å². The number of hydrogen-bond acceptors (Lipinski definition) is 3. The van der Waals surface area contributed by atoms with E-state index in [2.05, 4.69) is 0 Å². The number of ether oxygens (including phenoxy) is 1. The lowest BCUT2D eigenvalue weighted by molar-refractivity contribution is 0.0754. The highest BCUT2D eigenvalue weighted by molar-refractivity contribution is 5.53. The van der Waals surface area contributed by atoms with Crippen LogP contribution < -0.4 is 4.74 Å². The van der Waals surface area contributed by atoms with Crippen molar-refractivity contribution >= 4 is 0 Å². The average Bonchev–Trinajstić information content (AvgIpc) is 2.13. The SMILES string of the molecule is COc1cc(C(C)(C)O)c(O)c(C)c1C. The Morgan fingerprint density at radius 2 is 1.73 bits per heavy atom. The van der Waals surface area contributed by atoms with Crippen molar-refractivity contribution in [2.45, 2.75) is 33.3 Å². The van der Waals surface area contributed by atoms with Gasteiger partial charge in [0.1, 0.15) is 11.5 Å². The van der Waals surface area contributed by atoms with Gasteiger partial charge in [0.25, 0.3) is 0 Å². The van der Waals surface area contributed by atoms with Gasteiger partial charge >= 0.3 is 0 Å². The Hall–Kier alpha value is -1.22. The Balaban J connectivity index is 3.49. The summed E-state index contributed by atoms with van der Waals surface area (Å²) in [5.41, 5.74) is 1.05. The van der Waals surface area contributed by atoms with Crippen molar-refractivity contribution in [2.75, 3.05) is 7.11 Å². The van der Waals surface area contributed by atoms with Gasteiger partial charge in [-0.2, -0.15) is 0 Å². The lowest BCUT2D eigenvalue weighted by Crippen LogP contribution is -2.16. The minimum atomic E-state index is -1.07. The molecule has 0 unspecified atom stereocenters. The molecule has 1 aromatic rings. The van der Waals surface area contributed by atoms with Crippen LogP contribution >= 0.6 is 0 Å². The zero-order valence-electron chi connectivity index (χ0n) is 9.88. The maximum absolute atomic E-state index is 9.92. The fourth-order valence-corrected chi connectivity index (χ4v) is 1.55. The molecule has 0 aliphatic carbocycles. The molecule has 3 nitrogen and oxygen atoms in total. The summed E-state index contributed by atoms with van der Waals surface area (Å²) in [5.74, 6) is 0.822. The zero-order valence-corrected chi connectivity index (χ0v) is 9.88. The predicted octanol–water partition coefficient (Wildman–Crippen LogP) is 2.25. The molecule has 0 amide bonds. The van der Waals surface area contributed by atoms with E-state index in [1.165, 1.54) is 0 Å². The van der Waals surface area contributed by atoms with E-state index in [9.17, 15) is 10.2 Å². The third-order valence-corrected chi connectivity index (χ3v) is 2.70. The topological polar surface area (TPSA) is 49.7 Å². The highest BCUT2D eigenvalue weighted by Crippen LogP contribution is 2.37. The van der Waals surface area contributed by atoms with Crippen molar-refractivity contribution in [3.63, 3.8) is 0 Å². The van der Waals surface area contributed by atoms with Crippen LogP contribution in [-0.2, 0) is 5.60 Å². The monoisotopic (exact) mass is 210 g/mol. The molecule has 0 bridgehead atoms. The molecule has 0 atom stereocenters. The van der Waals surface area contributed by atoms with Gasteiger partial charge in [-0.1, -0.05) is 0 Å². The van der Waals surface area contributed by atoms with E-state index in [0.717, 1.165) is 11.1 Å². The number of benzene rings is 1. The molecule has 0 aliphatic heterocycles. The average molecular weight is 210 g/mol. The van der Waals surface area contributed by atoms with E-state index < -0.39 is 5.60 Å². The van der Waals surface area contributed by atoms with Crippen molar-refractivity contribution in [1.82, 2.24) is 0 Å². The molecule has 0 aliphatic rings. The van der Waals surface area contributed by atoms with Crippen LogP contribution in [-0.4, -0.2) is 17.3 Å². The first-order valence-corrected chi connectivity index (χ1v) is 4.89. The van der Waals surface area contributed by atoms with Crippen LogP contribution in [0.15, 0.2) is 6.07 Å². The second-order valence-corrected chi connectivity index (χ2v) is 4.28. The summed E-state index contributed by atoms with van der Waals surface area (Å²) >= 11 is 0. The van der Waals surface area contributed by atoms with E-state index in [0.29, 0.717) is 11.3 Å². The van der Waals surface area contributed by atoms with Crippen molar-refractivity contribution in [2.24, 2.45) is 0 Å². The van der Waals surface area contributed by atoms with Gasteiger partial charge in [0, 0.05) is 5.56 Å². The number of phenols is 1. The van der Waals surface area contributed by atoms with E-state index in [1.54, 1.807) is 27.0 Å². The van der Waals surface area contributed by atoms with Gasteiger partial charge < -0.3 is 14.9 Å². The van der Waals surface area contributed by atoms with Crippen LogP contribution in [0, 0.1) is 13.8 Å². The van der Waals surface area contributed by atoms with Crippen molar-refractivity contribution < 1.29 is 14.9 Å². The van der Waals surface area contributed by atoms with Crippen molar-refractivity contribution in [3.05, 3.63) is 22.8 Å². The molecule has 0 heterocycles. The van der Waals surface area contributed by atoms with Gasteiger partial charge in [0.05, 0.1) is 12.7 Å². The molecule has 15 heavy (non-hydrogen) atoms. The van der Waals surface area contributed by atoms with Crippen molar-refractivity contribution in [3.8, 4) is 11.5 Å². The largest absolute Gasteiger partial charge is 0.507 e. The zero-order chi connectivity index (χ0) is 11.8. The molecule has 1 aromatic carbocycles. The molecular weight excluding hydrogens is 192 g/mol. The summed E-state index contributed by atoms with van der Waals surface area (Å²) in [4.78, 5) is 0. The van der Waals surface area contributed by atoms with Gasteiger partial charge in [-0.3, -0.25) is 0 Å². The van der Waals surface area contributed by atoms with Gasteiger partial charge in [0.15, 0.2) is 0 Å². The maximum Gasteiger partial charge on any atom is 0.125 e. The maximum atomic E-state index is 9.92. The Morgan fingerprint density at radius 1 is 1.20 bits per heavy atom. The molecule has 0 saturated heterocycles. The van der Waals surface area contributed by atoms with Crippen LogP contribution in [0.25, 0.3) is 0 Å². The summed E-state index contributed by atoms with van der Waals surface area (Å²) in [6.45, 7) is 6.96. The molecular formula is C12H18O3. The number of aliphatic hydroxyl groups is 1. The first-order valence-electron chi connectivity index (χ1n) is 4.89. The highest BCUT2D eigenvalue weighted by atomic mass is 16.5. The fourth-order valence-electron chi connectivity index (χ4n) is 1.55. The Morgan fingerprint density at radius 3 is 2.13 bits per heavy atom. The van der Waals surface area contributed by atoms with E-state index in [1.807, 2.05) is 13.8 Å². The summed E-state index contributed by atoms with van der Waals surface area (Å²) in [7, 11) is 1.58. The van der Waals surface area contributed by atoms with Crippen LogP contribution in [0.2, 0.25) is 0 Å². The smallest absolute Gasteiger partial charge is 0.125 e. The molecule has 2 N–H and O–H groups in total. The van der Waals surface area contributed by atoms with Crippen LogP contribution in [0.1, 0.15) is 30.5 Å². The number of hydrogen-bond donors (Lipinski definition) is 2. The van der Waals surface area contributed by atoms with Crippen LogP contribution in [0.4, 0.5) is 0 Å². The van der Waals surface area contributed by atoms with Crippen LogP contribution in [0.3, 0.4) is 0 Å². The minimum Gasteiger partial charge on any atom is -0.507 e. The summed E-state index contributed by atoms with van der Waals surface area (Å²) < 4.78 is 5.19. The third-order valence-electron chi connectivity index (χ3n) is 2.70. The number of rotatable bonds is 2. The summed E-state index contributed by atoms with van der Waals surface area (Å²) in [6, 6.07) is 1.68. The molecule has 0 saturated carbocycles. The lowest BCUT2D eigenvalue weighted by Gasteiger charge is -2.22. The number of methoxy groups -OCH3 is 1. The highest BCUT2D eigenvalue weighted by Gasteiger charge is 2.23. The minimum absolute atomic E-state index is 0.140. The molecule has 3 heteroatoms.